The van der Waals surface area contributed by atoms with E-state index in [0.29, 0.717) is 12.3 Å². The summed E-state index contributed by atoms with van der Waals surface area (Å²) < 4.78 is 4.97. The monoisotopic (exact) mass is 400 g/mol. The fourth-order valence-electron chi connectivity index (χ4n) is 3.20. The molecule has 2 aromatic heterocycles. The van der Waals surface area contributed by atoms with Crippen molar-refractivity contribution in [3.05, 3.63) is 77.7 Å². The molecule has 0 bridgehead atoms. The molecule has 0 atom stereocenters. The first-order chi connectivity index (χ1) is 14.2. The number of thiophene rings is 1. The Hall–Kier alpha value is -3.44. The molecule has 29 heavy (non-hydrogen) atoms. The number of ether oxygens (including phenoxy) is 1. The minimum atomic E-state index is -0.384. The smallest absolute Gasteiger partial charge is 0.330 e. The van der Waals surface area contributed by atoms with E-state index in [-0.39, 0.29) is 5.97 Å². The molecular formula is C24H20N2O2S. The van der Waals surface area contributed by atoms with Crippen molar-refractivity contribution in [1.29, 1.82) is 0 Å². The Kier molecular flexibility index (Phi) is 5.40. The lowest BCUT2D eigenvalue weighted by Crippen LogP contribution is -1.98. The van der Waals surface area contributed by atoms with E-state index < -0.39 is 0 Å². The molecule has 0 saturated carbocycles. The second kappa shape index (κ2) is 8.29. The van der Waals surface area contributed by atoms with Gasteiger partial charge in [0.25, 0.3) is 0 Å². The van der Waals surface area contributed by atoms with Gasteiger partial charge in [-0.15, -0.1) is 11.3 Å². The van der Waals surface area contributed by atoms with E-state index in [2.05, 4.69) is 18.2 Å². The minimum Gasteiger partial charge on any atom is -0.463 e. The maximum Gasteiger partial charge on any atom is 0.330 e. The fourth-order valence-corrected chi connectivity index (χ4v) is 4.22. The summed E-state index contributed by atoms with van der Waals surface area (Å²) in [6.45, 7) is 2.12. The predicted molar refractivity (Wildman–Crippen MR) is 121 cm³/mol. The number of nitrogens with two attached hydrogens (primary N) is 1. The number of pyridine rings is 1. The first-order valence-electron chi connectivity index (χ1n) is 9.36. The Bertz CT molecular complexity index is 1180. The zero-order valence-electron chi connectivity index (χ0n) is 16.0. The Labute approximate surface area is 173 Å². The Balaban J connectivity index is 1.91. The van der Waals surface area contributed by atoms with Crippen LogP contribution >= 0.6 is 11.3 Å². The number of benzene rings is 2. The quantitative estimate of drug-likeness (QED) is 0.340. The largest absolute Gasteiger partial charge is 0.463 e. The van der Waals surface area contributed by atoms with Crippen molar-refractivity contribution in [2.75, 3.05) is 12.3 Å². The van der Waals surface area contributed by atoms with Crippen molar-refractivity contribution in [1.82, 2.24) is 4.98 Å². The molecule has 2 aromatic carbocycles. The van der Waals surface area contributed by atoms with Crippen molar-refractivity contribution in [2.24, 2.45) is 0 Å². The van der Waals surface area contributed by atoms with Gasteiger partial charge in [0.15, 0.2) is 0 Å². The van der Waals surface area contributed by atoms with Gasteiger partial charge < -0.3 is 10.5 Å². The molecule has 0 spiro atoms. The first-order valence-corrected chi connectivity index (χ1v) is 10.2. The van der Waals surface area contributed by atoms with E-state index in [0.717, 1.165) is 37.5 Å². The highest BCUT2D eigenvalue weighted by Crippen LogP contribution is 2.41. The van der Waals surface area contributed by atoms with Crippen LogP contribution in [-0.2, 0) is 9.53 Å². The highest BCUT2D eigenvalue weighted by Gasteiger charge is 2.16. The van der Waals surface area contributed by atoms with E-state index in [1.165, 1.54) is 17.4 Å². The van der Waals surface area contributed by atoms with Crippen LogP contribution in [-0.4, -0.2) is 17.6 Å². The molecule has 4 rings (SSSR count). The summed E-state index contributed by atoms with van der Waals surface area (Å²) in [5.41, 5.74) is 11.1. The number of esters is 1. The Morgan fingerprint density at radius 2 is 1.72 bits per heavy atom. The SMILES string of the molecule is CCOC(=O)/C=C/c1sc2nc(-c3ccccc3)cc(-c3ccccc3)c2c1N. The van der Waals surface area contributed by atoms with Crippen LogP contribution in [0.4, 0.5) is 5.69 Å². The number of hydrogen-bond donors (Lipinski definition) is 1. The van der Waals surface area contributed by atoms with Gasteiger partial charge in [-0.3, -0.25) is 0 Å². The van der Waals surface area contributed by atoms with Crippen LogP contribution < -0.4 is 5.73 Å². The number of hydrogen-bond acceptors (Lipinski definition) is 5. The van der Waals surface area contributed by atoms with Crippen LogP contribution in [0.15, 0.2) is 72.8 Å². The van der Waals surface area contributed by atoms with Crippen molar-refractivity contribution in [2.45, 2.75) is 6.92 Å². The van der Waals surface area contributed by atoms with Crippen molar-refractivity contribution >= 4 is 39.3 Å². The number of nitrogens with zero attached hydrogens (tertiary/aromatic N) is 1. The molecule has 2 N–H and O–H groups in total. The minimum absolute atomic E-state index is 0.339. The number of anilines is 1. The molecule has 0 saturated heterocycles. The van der Waals surface area contributed by atoms with Crippen molar-refractivity contribution in [3.63, 3.8) is 0 Å². The van der Waals surface area contributed by atoms with Gasteiger partial charge in [0, 0.05) is 17.0 Å². The molecule has 0 unspecified atom stereocenters. The van der Waals surface area contributed by atoms with Gasteiger partial charge in [0.2, 0.25) is 0 Å². The third kappa shape index (κ3) is 3.91. The lowest BCUT2D eigenvalue weighted by molar-refractivity contribution is -0.137. The second-order valence-electron chi connectivity index (χ2n) is 6.43. The van der Waals surface area contributed by atoms with Crippen LogP contribution in [0.25, 0.3) is 38.7 Å². The van der Waals surface area contributed by atoms with Crippen LogP contribution in [0.5, 0.6) is 0 Å². The second-order valence-corrected chi connectivity index (χ2v) is 7.46. The van der Waals surface area contributed by atoms with Gasteiger partial charge in [-0.1, -0.05) is 60.7 Å². The third-order valence-electron chi connectivity index (χ3n) is 4.54. The highest BCUT2D eigenvalue weighted by molar-refractivity contribution is 7.20. The number of fused-ring (bicyclic) bond motifs is 1. The number of rotatable bonds is 5. The summed E-state index contributed by atoms with van der Waals surface area (Å²) in [5, 5.41) is 0.907. The number of carbonyl (C=O) groups is 1. The third-order valence-corrected chi connectivity index (χ3v) is 5.60. The lowest BCUT2D eigenvalue weighted by Gasteiger charge is -2.08. The average Bonchev–Trinajstić information content (AvgIpc) is 3.08. The van der Waals surface area contributed by atoms with E-state index >= 15 is 0 Å². The van der Waals surface area contributed by atoms with Gasteiger partial charge in [-0.05, 0) is 30.2 Å². The first kappa shape index (κ1) is 18.9. The predicted octanol–water partition coefficient (Wildman–Crippen LogP) is 5.79. The fraction of sp³-hybridized carbons (Fsp3) is 0.0833. The van der Waals surface area contributed by atoms with Crippen LogP contribution in [0.2, 0.25) is 0 Å². The van der Waals surface area contributed by atoms with Gasteiger partial charge in [0.1, 0.15) is 4.83 Å². The molecule has 0 radical (unpaired) electrons. The zero-order chi connectivity index (χ0) is 20.2. The molecule has 2 heterocycles. The van der Waals surface area contributed by atoms with Crippen LogP contribution in [0, 0.1) is 0 Å². The Morgan fingerprint density at radius 1 is 1.07 bits per heavy atom. The van der Waals surface area contributed by atoms with Gasteiger partial charge in [0.05, 0.1) is 22.9 Å². The average molecular weight is 401 g/mol. The standard InChI is InChI=1S/C24H20N2O2S/c1-2-28-21(27)14-13-20-23(25)22-18(16-9-5-3-6-10-16)15-19(26-24(22)29-20)17-11-7-4-8-12-17/h3-15H,2,25H2,1H3/b14-13+. The molecule has 0 aliphatic carbocycles. The summed E-state index contributed by atoms with van der Waals surface area (Å²) >= 11 is 1.47. The Morgan fingerprint density at radius 3 is 2.38 bits per heavy atom. The topological polar surface area (TPSA) is 65.2 Å². The summed E-state index contributed by atoms with van der Waals surface area (Å²) in [6, 6.07) is 22.3. The van der Waals surface area contributed by atoms with E-state index in [4.69, 9.17) is 15.5 Å². The molecule has 4 nitrogen and oxygen atoms in total. The van der Waals surface area contributed by atoms with Gasteiger partial charge in [-0.25, -0.2) is 9.78 Å². The molecule has 4 aromatic rings. The molecule has 144 valence electrons. The summed E-state index contributed by atoms with van der Waals surface area (Å²) in [5.74, 6) is -0.384. The maximum absolute atomic E-state index is 11.7. The molecule has 0 aliphatic heterocycles. The lowest BCUT2D eigenvalue weighted by atomic mass is 9.99. The molecular weight excluding hydrogens is 380 g/mol. The number of nitrogen functional groups attached to an aromatic ring is 1. The molecule has 0 fully saturated rings. The van der Waals surface area contributed by atoms with Gasteiger partial charge >= 0.3 is 5.97 Å². The number of carbonyl (C=O) groups excluding carboxylic acids is 1. The zero-order valence-corrected chi connectivity index (χ0v) is 16.8. The summed E-state index contributed by atoms with van der Waals surface area (Å²) in [4.78, 5) is 18.2. The molecule has 5 heteroatoms. The molecule has 0 aliphatic rings. The van der Waals surface area contributed by atoms with E-state index in [1.54, 1.807) is 13.0 Å². The van der Waals surface area contributed by atoms with E-state index in [9.17, 15) is 4.79 Å². The normalized spacial score (nSPS) is 11.2. The summed E-state index contributed by atoms with van der Waals surface area (Å²) in [7, 11) is 0. The van der Waals surface area contributed by atoms with Crippen molar-refractivity contribution < 1.29 is 9.53 Å². The molecule has 0 amide bonds. The maximum atomic E-state index is 11.7. The van der Waals surface area contributed by atoms with Crippen LogP contribution in [0.3, 0.4) is 0 Å². The highest BCUT2D eigenvalue weighted by atomic mass is 32.1. The summed E-state index contributed by atoms with van der Waals surface area (Å²) in [6.07, 6.45) is 3.11. The van der Waals surface area contributed by atoms with Crippen molar-refractivity contribution in [3.8, 4) is 22.4 Å². The van der Waals surface area contributed by atoms with E-state index in [1.807, 2.05) is 48.5 Å². The van der Waals surface area contributed by atoms with Gasteiger partial charge in [-0.2, -0.15) is 0 Å². The van der Waals surface area contributed by atoms with Crippen LogP contribution in [0.1, 0.15) is 11.8 Å². The number of aromatic nitrogens is 1.